The van der Waals surface area contributed by atoms with Gasteiger partial charge in [0.15, 0.2) is 5.82 Å². The minimum atomic E-state index is -0.976. The molecule has 0 aliphatic rings. The molecule has 0 bridgehead atoms. The van der Waals surface area contributed by atoms with E-state index in [1.807, 2.05) is 18.2 Å². The summed E-state index contributed by atoms with van der Waals surface area (Å²) in [5, 5.41) is 13.7. The van der Waals surface area contributed by atoms with Gasteiger partial charge in [-0.05, 0) is 38.0 Å². The van der Waals surface area contributed by atoms with Crippen molar-refractivity contribution in [2.24, 2.45) is 5.92 Å². The van der Waals surface area contributed by atoms with E-state index >= 15 is 0 Å². The number of ether oxygens (including phenoxy) is 1. The van der Waals surface area contributed by atoms with Crippen molar-refractivity contribution in [2.75, 3.05) is 6.61 Å². The first-order valence-corrected chi connectivity index (χ1v) is 8.95. The molecule has 8 heteroatoms. The minimum Gasteiger partial charge on any atom is -0.492 e. The Balaban J connectivity index is 2.05. The third-order valence-electron chi connectivity index (χ3n) is 3.55. The van der Waals surface area contributed by atoms with Crippen LogP contribution in [0.5, 0.6) is 5.75 Å². The van der Waals surface area contributed by atoms with E-state index in [1.54, 1.807) is 13.8 Å². The number of carbonyl (C=O) groups is 1. The molecule has 0 radical (unpaired) electrons. The summed E-state index contributed by atoms with van der Waals surface area (Å²) in [6, 6.07) is 5.52. The Morgan fingerprint density at radius 3 is 2.65 bits per heavy atom. The van der Waals surface area contributed by atoms with Crippen molar-refractivity contribution in [1.82, 2.24) is 15.1 Å². The molecule has 0 atom stereocenters. The molecule has 0 fully saturated rings. The largest absolute Gasteiger partial charge is 0.492 e. The number of aromatic carboxylic acids is 1. The molecule has 136 valence electrons. The zero-order valence-electron chi connectivity index (χ0n) is 14.9. The fourth-order valence-electron chi connectivity index (χ4n) is 2.34. The molecular formula is C18H19N3O4S. The van der Waals surface area contributed by atoms with Gasteiger partial charge < -0.3 is 14.4 Å². The zero-order chi connectivity index (χ0) is 18.8. The molecule has 0 unspecified atom stereocenters. The molecule has 2 aromatic heterocycles. The monoisotopic (exact) mass is 373 g/mol. The van der Waals surface area contributed by atoms with E-state index in [1.165, 1.54) is 0 Å². The van der Waals surface area contributed by atoms with Crippen molar-refractivity contribution in [2.45, 2.75) is 27.7 Å². The standard InChI is InChI=1S/C18H19N3O4S/c1-9(2)8-24-14-6-5-12(7-13(14)16-20-11(4)21-25-16)17-19-10(3)15(26-17)18(22)23/h5-7,9H,8H2,1-4H3,(H,22,23). The lowest BCUT2D eigenvalue weighted by atomic mass is 10.1. The topological polar surface area (TPSA) is 98.3 Å². The summed E-state index contributed by atoms with van der Waals surface area (Å²) >= 11 is 1.14. The third kappa shape index (κ3) is 3.75. The summed E-state index contributed by atoms with van der Waals surface area (Å²) < 4.78 is 11.2. The average molecular weight is 373 g/mol. The number of aromatic nitrogens is 3. The number of benzene rings is 1. The first kappa shape index (κ1) is 18.1. The Hall–Kier alpha value is -2.74. The second kappa shape index (κ2) is 7.25. The highest BCUT2D eigenvalue weighted by atomic mass is 32.1. The first-order chi connectivity index (χ1) is 12.3. The molecule has 3 rings (SSSR count). The Bertz CT molecular complexity index is 946. The van der Waals surface area contributed by atoms with Gasteiger partial charge in [-0.1, -0.05) is 19.0 Å². The quantitative estimate of drug-likeness (QED) is 0.691. The molecule has 1 aromatic carbocycles. The smallest absolute Gasteiger partial charge is 0.347 e. The molecule has 1 N–H and O–H groups in total. The van der Waals surface area contributed by atoms with Crippen molar-refractivity contribution in [3.05, 3.63) is 34.6 Å². The van der Waals surface area contributed by atoms with Crippen LogP contribution in [0.4, 0.5) is 0 Å². The highest BCUT2D eigenvalue weighted by Gasteiger charge is 2.19. The fourth-order valence-corrected chi connectivity index (χ4v) is 3.24. The molecule has 3 aromatic rings. The Labute approximate surface area is 154 Å². The summed E-state index contributed by atoms with van der Waals surface area (Å²) in [5.41, 5.74) is 1.93. The van der Waals surface area contributed by atoms with Crippen molar-refractivity contribution in [3.63, 3.8) is 0 Å². The summed E-state index contributed by atoms with van der Waals surface area (Å²) in [6.07, 6.45) is 0. The van der Waals surface area contributed by atoms with Crippen molar-refractivity contribution in [3.8, 4) is 27.8 Å². The molecule has 7 nitrogen and oxygen atoms in total. The Morgan fingerprint density at radius 1 is 1.31 bits per heavy atom. The Kier molecular flexibility index (Phi) is 5.03. The number of aryl methyl sites for hydroxylation is 2. The maximum Gasteiger partial charge on any atom is 0.347 e. The van der Waals surface area contributed by atoms with Crippen molar-refractivity contribution < 1.29 is 19.2 Å². The van der Waals surface area contributed by atoms with Gasteiger partial charge in [-0.15, -0.1) is 11.3 Å². The van der Waals surface area contributed by atoms with Crippen molar-refractivity contribution in [1.29, 1.82) is 0 Å². The average Bonchev–Trinajstić information content (AvgIpc) is 3.18. The third-order valence-corrected chi connectivity index (χ3v) is 4.74. The molecule has 26 heavy (non-hydrogen) atoms. The molecule has 0 spiro atoms. The van der Waals surface area contributed by atoms with Crippen LogP contribution in [0.1, 0.15) is 35.0 Å². The number of rotatable bonds is 6. The molecule has 0 aliphatic heterocycles. The van der Waals surface area contributed by atoms with Gasteiger partial charge in [0.25, 0.3) is 5.89 Å². The van der Waals surface area contributed by atoms with E-state index in [2.05, 4.69) is 29.0 Å². The summed E-state index contributed by atoms with van der Waals surface area (Å²) in [7, 11) is 0. The molecule has 0 aliphatic carbocycles. The number of hydrogen-bond donors (Lipinski definition) is 1. The number of carboxylic acid groups (broad SMARTS) is 1. The molecule has 0 saturated carbocycles. The van der Waals surface area contributed by atoms with Crippen LogP contribution in [0.2, 0.25) is 0 Å². The van der Waals surface area contributed by atoms with E-state index in [0.29, 0.717) is 46.3 Å². The first-order valence-electron chi connectivity index (χ1n) is 8.13. The van der Waals surface area contributed by atoms with Gasteiger partial charge in [0.05, 0.1) is 17.9 Å². The Morgan fingerprint density at radius 2 is 2.08 bits per heavy atom. The number of hydrogen-bond acceptors (Lipinski definition) is 7. The van der Waals surface area contributed by atoms with Crippen LogP contribution in [-0.4, -0.2) is 32.8 Å². The summed E-state index contributed by atoms with van der Waals surface area (Å²) in [6.45, 7) is 8.12. The normalized spacial score (nSPS) is 11.1. The van der Waals surface area contributed by atoms with E-state index in [9.17, 15) is 9.90 Å². The van der Waals surface area contributed by atoms with Gasteiger partial charge in [0, 0.05) is 5.56 Å². The van der Waals surface area contributed by atoms with Gasteiger partial charge in [-0.2, -0.15) is 4.98 Å². The van der Waals surface area contributed by atoms with Gasteiger partial charge >= 0.3 is 5.97 Å². The number of carboxylic acids is 1. The van der Waals surface area contributed by atoms with Crippen LogP contribution >= 0.6 is 11.3 Å². The molecular weight excluding hydrogens is 354 g/mol. The van der Waals surface area contributed by atoms with Crippen LogP contribution in [0, 0.1) is 19.8 Å². The predicted molar refractivity (Wildman–Crippen MR) is 97.6 cm³/mol. The summed E-state index contributed by atoms with van der Waals surface area (Å²) in [5.74, 6) is 0.911. The predicted octanol–water partition coefficient (Wildman–Crippen LogP) is 4.21. The molecule has 2 heterocycles. The lowest BCUT2D eigenvalue weighted by Gasteiger charge is -2.12. The summed E-state index contributed by atoms with van der Waals surface area (Å²) in [4.78, 5) is 20.2. The highest BCUT2D eigenvalue weighted by molar-refractivity contribution is 7.17. The lowest BCUT2D eigenvalue weighted by molar-refractivity contribution is 0.0701. The maximum atomic E-state index is 11.3. The van der Waals surface area contributed by atoms with Crippen LogP contribution in [0.15, 0.2) is 22.7 Å². The fraction of sp³-hybridized carbons (Fsp3) is 0.333. The maximum absolute atomic E-state index is 11.3. The van der Waals surface area contributed by atoms with E-state index in [0.717, 1.165) is 16.9 Å². The SMILES string of the molecule is Cc1noc(-c2cc(-c3nc(C)c(C(=O)O)s3)ccc2OCC(C)C)n1. The molecule has 0 amide bonds. The number of nitrogens with zero attached hydrogens (tertiary/aromatic N) is 3. The van der Waals surface area contributed by atoms with Gasteiger partial charge in [-0.25, -0.2) is 9.78 Å². The highest BCUT2D eigenvalue weighted by Crippen LogP contribution is 2.36. The van der Waals surface area contributed by atoms with E-state index < -0.39 is 5.97 Å². The van der Waals surface area contributed by atoms with Gasteiger partial charge in [-0.3, -0.25) is 0 Å². The van der Waals surface area contributed by atoms with E-state index in [-0.39, 0.29) is 4.88 Å². The van der Waals surface area contributed by atoms with E-state index in [4.69, 9.17) is 9.26 Å². The van der Waals surface area contributed by atoms with Gasteiger partial charge in [0.2, 0.25) is 0 Å². The zero-order valence-corrected chi connectivity index (χ0v) is 15.8. The second-order valence-electron chi connectivity index (χ2n) is 6.30. The van der Waals surface area contributed by atoms with Crippen LogP contribution in [0.25, 0.3) is 22.0 Å². The van der Waals surface area contributed by atoms with Crippen LogP contribution < -0.4 is 4.74 Å². The van der Waals surface area contributed by atoms with Crippen molar-refractivity contribution >= 4 is 17.3 Å². The van der Waals surface area contributed by atoms with Crippen LogP contribution in [-0.2, 0) is 0 Å². The molecule has 0 saturated heterocycles. The second-order valence-corrected chi connectivity index (χ2v) is 7.30. The minimum absolute atomic E-state index is 0.232. The van der Waals surface area contributed by atoms with Crippen LogP contribution in [0.3, 0.4) is 0 Å². The number of thiazole rings is 1. The van der Waals surface area contributed by atoms with Gasteiger partial charge in [0.1, 0.15) is 15.6 Å². The lowest BCUT2D eigenvalue weighted by Crippen LogP contribution is -2.05.